The highest BCUT2D eigenvalue weighted by molar-refractivity contribution is 6.27. The van der Waals surface area contributed by atoms with Gasteiger partial charge in [-0.2, -0.15) is 13.2 Å². The fourth-order valence-electron chi connectivity index (χ4n) is 1.24. The summed E-state index contributed by atoms with van der Waals surface area (Å²) in [4.78, 5) is 22.2. The summed E-state index contributed by atoms with van der Waals surface area (Å²) in [6.45, 7) is -0.534. The van der Waals surface area contributed by atoms with E-state index < -0.39 is 41.4 Å². The maximum Gasteiger partial charge on any atom is 0.416 e. The van der Waals surface area contributed by atoms with Crippen LogP contribution in [0, 0.1) is 5.82 Å². The standard InChI is InChI=1S/C11H8ClF4NO2/c12-4-10(19)17-5-9(18)7-2-1-6(3-8(7)13)11(14,15)16/h1-3H,4-5H2,(H,17,19). The molecule has 0 heterocycles. The number of nitrogens with one attached hydrogen (secondary N) is 1. The summed E-state index contributed by atoms with van der Waals surface area (Å²) in [5.41, 5.74) is -1.71. The van der Waals surface area contributed by atoms with E-state index in [1.807, 2.05) is 0 Å². The van der Waals surface area contributed by atoms with Crippen molar-refractivity contribution >= 4 is 23.3 Å². The zero-order valence-electron chi connectivity index (χ0n) is 9.35. The normalized spacial score (nSPS) is 11.2. The fraction of sp³-hybridized carbons (Fsp3) is 0.273. The monoisotopic (exact) mass is 297 g/mol. The summed E-state index contributed by atoms with van der Waals surface area (Å²) in [5.74, 6) is -3.14. The molecule has 1 aromatic rings. The van der Waals surface area contributed by atoms with Crippen molar-refractivity contribution in [3.05, 3.63) is 35.1 Å². The van der Waals surface area contributed by atoms with E-state index in [1.165, 1.54) is 0 Å². The predicted molar refractivity (Wildman–Crippen MR) is 59.5 cm³/mol. The molecule has 0 unspecified atom stereocenters. The van der Waals surface area contributed by atoms with Gasteiger partial charge in [-0.25, -0.2) is 4.39 Å². The van der Waals surface area contributed by atoms with Crippen molar-refractivity contribution in [2.24, 2.45) is 0 Å². The highest BCUT2D eigenvalue weighted by Crippen LogP contribution is 2.30. The second kappa shape index (κ2) is 6.01. The molecule has 8 heteroatoms. The summed E-state index contributed by atoms with van der Waals surface area (Å²) < 4.78 is 50.2. The smallest absolute Gasteiger partial charge is 0.348 e. The third kappa shape index (κ3) is 4.20. The molecule has 0 saturated carbocycles. The van der Waals surface area contributed by atoms with E-state index in [1.54, 1.807) is 0 Å². The highest BCUT2D eigenvalue weighted by Gasteiger charge is 2.31. The number of carbonyl (C=O) groups excluding carboxylic acids is 2. The molecule has 0 aliphatic rings. The number of halogens is 5. The van der Waals surface area contributed by atoms with Crippen LogP contribution in [0.5, 0.6) is 0 Å². The number of benzene rings is 1. The molecule has 0 spiro atoms. The molecule has 1 aromatic carbocycles. The minimum absolute atomic E-state index is 0.233. The van der Waals surface area contributed by atoms with Crippen molar-refractivity contribution in [2.75, 3.05) is 12.4 Å². The van der Waals surface area contributed by atoms with E-state index in [4.69, 9.17) is 11.6 Å². The van der Waals surface area contributed by atoms with Crippen LogP contribution in [-0.2, 0) is 11.0 Å². The number of alkyl halides is 4. The molecule has 0 fully saturated rings. The quantitative estimate of drug-likeness (QED) is 0.527. The number of carbonyl (C=O) groups is 2. The lowest BCUT2D eigenvalue weighted by Gasteiger charge is -2.09. The van der Waals surface area contributed by atoms with E-state index in [2.05, 4.69) is 5.32 Å². The molecule has 1 N–H and O–H groups in total. The second-order valence-corrected chi connectivity index (χ2v) is 3.79. The van der Waals surface area contributed by atoms with Crippen LogP contribution in [0.15, 0.2) is 18.2 Å². The molecular formula is C11H8ClF4NO2. The Morgan fingerprint density at radius 1 is 1.26 bits per heavy atom. The first-order valence-electron chi connectivity index (χ1n) is 4.98. The highest BCUT2D eigenvalue weighted by atomic mass is 35.5. The molecule has 0 saturated heterocycles. The third-order valence-electron chi connectivity index (χ3n) is 2.16. The first-order chi connectivity index (χ1) is 8.75. The average molecular weight is 298 g/mol. The molecule has 19 heavy (non-hydrogen) atoms. The molecule has 0 aliphatic carbocycles. The van der Waals surface area contributed by atoms with Gasteiger partial charge in [0.1, 0.15) is 11.7 Å². The number of Topliss-reactive ketones (excluding diaryl/α,β-unsaturated/α-hetero) is 1. The van der Waals surface area contributed by atoms with Gasteiger partial charge in [0.2, 0.25) is 5.91 Å². The van der Waals surface area contributed by atoms with E-state index in [0.717, 1.165) is 6.07 Å². The summed E-state index contributed by atoms with van der Waals surface area (Å²) in [7, 11) is 0. The largest absolute Gasteiger partial charge is 0.416 e. The van der Waals surface area contributed by atoms with E-state index in [0.29, 0.717) is 6.07 Å². The second-order valence-electron chi connectivity index (χ2n) is 3.53. The minimum Gasteiger partial charge on any atom is -0.348 e. The number of hydrogen-bond acceptors (Lipinski definition) is 2. The Morgan fingerprint density at radius 3 is 2.37 bits per heavy atom. The Balaban J connectivity index is 2.85. The summed E-state index contributed by atoms with van der Waals surface area (Å²) >= 11 is 5.16. The lowest BCUT2D eigenvalue weighted by Crippen LogP contribution is -2.30. The summed E-state index contributed by atoms with van der Waals surface area (Å²) in [6, 6.07) is 1.56. The SMILES string of the molecule is O=C(CCl)NCC(=O)c1ccc(C(F)(F)F)cc1F. The van der Waals surface area contributed by atoms with Crippen LogP contribution in [0.2, 0.25) is 0 Å². The predicted octanol–water partition coefficient (Wildman–Crippen LogP) is 2.38. The topological polar surface area (TPSA) is 46.2 Å². The zero-order valence-corrected chi connectivity index (χ0v) is 10.1. The van der Waals surface area contributed by atoms with Crippen LogP contribution < -0.4 is 5.32 Å². The molecule has 0 radical (unpaired) electrons. The summed E-state index contributed by atoms with van der Waals surface area (Å²) in [6.07, 6.45) is -4.69. The number of rotatable bonds is 4. The van der Waals surface area contributed by atoms with Crippen molar-refractivity contribution in [3.63, 3.8) is 0 Å². The molecule has 104 valence electrons. The Bertz CT molecular complexity index is 502. The lowest BCUT2D eigenvalue weighted by atomic mass is 10.1. The van der Waals surface area contributed by atoms with Crippen LogP contribution in [0.3, 0.4) is 0 Å². The van der Waals surface area contributed by atoms with Gasteiger partial charge in [-0.15, -0.1) is 11.6 Å². The van der Waals surface area contributed by atoms with Gasteiger partial charge in [0.15, 0.2) is 5.78 Å². The Morgan fingerprint density at radius 2 is 1.89 bits per heavy atom. The maximum absolute atomic E-state index is 13.4. The van der Waals surface area contributed by atoms with Gasteiger partial charge in [0.05, 0.1) is 17.7 Å². The average Bonchev–Trinajstić information content (AvgIpc) is 2.34. The van der Waals surface area contributed by atoms with E-state index >= 15 is 0 Å². The van der Waals surface area contributed by atoms with Crippen LogP contribution in [0.1, 0.15) is 15.9 Å². The Kier molecular flexibility index (Phi) is 4.88. The maximum atomic E-state index is 13.4. The van der Waals surface area contributed by atoms with Crippen molar-refractivity contribution in [1.29, 1.82) is 0 Å². The first kappa shape index (κ1) is 15.4. The molecular weight excluding hydrogens is 290 g/mol. The summed E-state index contributed by atoms with van der Waals surface area (Å²) in [5, 5.41) is 2.09. The Hall–Kier alpha value is -1.63. The molecule has 0 atom stereocenters. The molecule has 0 aliphatic heterocycles. The molecule has 0 aromatic heterocycles. The van der Waals surface area contributed by atoms with Gasteiger partial charge in [-0.1, -0.05) is 0 Å². The molecule has 0 bridgehead atoms. The van der Waals surface area contributed by atoms with Crippen molar-refractivity contribution < 1.29 is 27.2 Å². The van der Waals surface area contributed by atoms with Crippen LogP contribution in [0.25, 0.3) is 0 Å². The van der Waals surface area contributed by atoms with Crippen LogP contribution in [0.4, 0.5) is 17.6 Å². The van der Waals surface area contributed by atoms with Gasteiger partial charge < -0.3 is 5.32 Å². The van der Waals surface area contributed by atoms with E-state index in [-0.39, 0.29) is 11.9 Å². The van der Waals surface area contributed by atoms with Crippen LogP contribution >= 0.6 is 11.6 Å². The van der Waals surface area contributed by atoms with Crippen LogP contribution in [-0.4, -0.2) is 24.1 Å². The molecule has 1 amide bonds. The number of hydrogen-bond donors (Lipinski definition) is 1. The van der Waals surface area contributed by atoms with Gasteiger partial charge in [0.25, 0.3) is 0 Å². The zero-order chi connectivity index (χ0) is 14.6. The van der Waals surface area contributed by atoms with Gasteiger partial charge >= 0.3 is 6.18 Å². The van der Waals surface area contributed by atoms with Crippen molar-refractivity contribution in [3.8, 4) is 0 Å². The Labute approximate surface area is 110 Å². The van der Waals surface area contributed by atoms with Crippen molar-refractivity contribution in [2.45, 2.75) is 6.18 Å². The lowest BCUT2D eigenvalue weighted by molar-refractivity contribution is -0.137. The third-order valence-corrected chi connectivity index (χ3v) is 2.41. The molecule has 3 nitrogen and oxygen atoms in total. The van der Waals surface area contributed by atoms with Crippen molar-refractivity contribution in [1.82, 2.24) is 5.32 Å². The first-order valence-corrected chi connectivity index (χ1v) is 5.51. The van der Waals surface area contributed by atoms with Gasteiger partial charge in [0, 0.05) is 0 Å². The number of ketones is 1. The minimum atomic E-state index is -4.69. The fourth-order valence-corrected chi connectivity index (χ4v) is 1.33. The molecule has 1 rings (SSSR count). The number of amides is 1. The van der Waals surface area contributed by atoms with E-state index in [9.17, 15) is 27.2 Å². The van der Waals surface area contributed by atoms with Gasteiger partial charge in [-0.05, 0) is 18.2 Å². The van der Waals surface area contributed by atoms with Gasteiger partial charge in [-0.3, -0.25) is 9.59 Å².